The van der Waals surface area contributed by atoms with Crippen LogP contribution in [0.25, 0.3) is 0 Å². The lowest BCUT2D eigenvalue weighted by Gasteiger charge is -2.40. The van der Waals surface area contributed by atoms with Gasteiger partial charge in [-0.1, -0.05) is 36.4 Å². The Morgan fingerprint density at radius 3 is 2.63 bits per heavy atom. The average Bonchev–Trinajstić information content (AvgIpc) is 3.04. The highest BCUT2D eigenvalue weighted by atomic mass is 17.1. The van der Waals surface area contributed by atoms with Gasteiger partial charge < -0.3 is 0 Å². The van der Waals surface area contributed by atoms with E-state index in [9.17, 15) is 14.8 Å². The predicted molar refractivity (Wildman–Crippen MR) is 65.8 cm³/mol. The van der Waals surface area contributed by atoms with Gasteiger partial charge in [0, 0.05) is 17.0 Å². The molecule has 0 saturated heterocycles. The van der Waals surface area contributed by atoms with Crippen molar-refractivity contribution in [1.82, 2.24) is 0 Å². The number of hydrogen-bond donors (Lipinski definition) is 1. The van der Waals surface area contributed by atoms with Crippen LogP contribution in [0.4, 0.5) is 0 Å². The second-order valence-corrected chi connectivity index (χ2v) is 5.49. The number of benzene rings is 1. The van der Waals surface area contributed by atoms with Gasteiger partial charge in [-0.2, -0.15) is 0 Å². The van der Waals surface area contributed by atoms with Crippen molar-refractivity contribution in [2.24, 2.45) is 17.8 Å². The number of ketones is 2. The van der Waals surface area contributed by atoms with Gasteiger partial charge in [0.05, 0.1) is 5.92 Å². The van der Waals surface area contributed by atoms with Crippen LogP contribution >= 0.6 is 0 Å². The first-order chi connectivity index (χ1) is 9.20. The molecule has 4 rings (SSSR count). The summed E-state index contributed by atoms with van der Waals surface area (Å²) in [4.78, 5) is 30.0. The van der Waals surface area contributed by atoms with Crippen LogP contribution in [0.1, 0.15) is 27.1 Å². The molecule has 1 fully saturated rings. The van der Waals surface area contributed by atoms with Crippen molar-refractivity contribution >= 4 is 11.6 Å². The summed E-state index contributed by atoms with van der Waals surface area (Å²) in [7, 11) is 0. The number of carbonyl (C=O) groups excluding carboxylic acids is 2. The highest BCUT2D eigenvalue weighted by molar-refractivity contribution is 6.20. The van der Waals surface area contributed by atoms with Gasteiger partial charge in [0.25, 0.3) is 0 Å². The molecule has 1 aromatic rings. The molecule has 0 aliphatic heterocycles. The highest BCUT2D eigenvalue weighted by Crippen LogP contribution is 2.56. The molecule has 0 radical (unpaired) electrons. The number of carbonyl (C=O) groups is 2. The van der Waals surface area contributed by atoms with Crippen LogP contribution in [0.15, 0.2) is 36.4 Å². The Bertz CT molecular complexity index is 633. The molecule has 4 nitrogen and oxygen atoms in total. The Morgan fingerprint density at radius 2 is 1.89 bits per heavy atom. The smallest absolute Gasteiger partial charge is 0.200 e. The Kier molecular flexibility index (Phi) is 1.99. The van der Waals surface area contributed by atoms with E-state index in [1.165, 1.54) is 0 Å². The minimum absolute atomic E-state index is 0.0121. The summed E-state index contributed by atoms with van der Waals surface area (Å²) >= 11 is 0. The SMILES string of the molecule is O=C1c2ccccc2C(=O)C2(OO)C3C=CC(C3)C12. The molecule has 0 aromatic heterocycles. The molecule has 4 heteroatoms. The molecule has 0 heterocycles. The van der Waals surface area contributed by atoms with Crippen LogP contribution in [0.2, 0.25) is 0 Å². The largest absolute Gasteiger partial charge is 0.294 e. The van der Waals surface area contributed by atoms with E-state index in [1.807, 2.05) is 12.2 Å². The van der Waals surface area contributed by atoms with E-state index in [4.69, 9.17) is 0 Å². The zero-order chi connectivity index (χ0) is 13.2. The van der Waals surface area contributed by atoms with Gasteiger partial charge in [-0.25, -0.2) is 4.89 Å². The second-order valence-electron chi connectivity index (χ2n) is 5.49. The first kappa shape index (κ1) is 11.1. The minimum Gasteiger partial charge on any atom is -0.294 e. The Hall–Kier alpha value is -1.78. The van der Waals surface area contributed by atoms with Crippen molar-refractivity contribution in [1.29, 1.82) is 0 Å². The number of allylic oxidation sites excluding steroid dienone is 1. The molecule has 2 bridgehead atoms. The van der Waals surface area contributed by atoms with E-state index in [0.29, 0.717) is 17.5 Å². The predicted octanol–water partition coefficient (Wildman–Crippen LogP) is 2.12. The summed E-state index contributed by atoms with van der Waals surface area (Å²) in [5.74, 6) is -1.18. The minimum atomic E-state index is -1.40. The molecule has 1 aromatic carbocycles. The maximum Gasteiger partial charge on any atom is 0.200 e. The van der Waals surface area contributed by atoms with Crippen LogP contribution in [-0.2, 0) is 4.89 Å². The van der Waals surface area contributed by atoms with Crippen LogP contribution in [0.5, 0.6) is 0 Å². The summed E-state index contributed by atoms with van der Waals surface area (Å²) in [5.41, 5.74) is -0.588. The van der Waals surface area contributed by atoms with E-state index in [0.717, 1.165) is 0 Å². The van der Waals surface area contributed by atoms with E-state index in [1.54, 1.807) is 24.3 Å². The fourth-order valence-electron chi connectivity index (χ4n) is 3.98. The lowest BCUT2D eigenvalue weighted by molar-refractivity contribution is -0.318. The molecule has 3 aliphatic carbocycles. The second kappa shape index (κ2) is 3.40. The number of rotatable bonds is 1. The molecule has 0 spiro atoms. The van der Waals surface area contributed by atoms with Crippen LogP contribution < -0.4 is 0 Å². The first-order valence-corrected chi connectivity index (χ1v) is 6.39. The maximum absolute atomic E-state index is 12.7. The first-order valence-electron chi connectivity index (χ1n) is 6.39. The molecule has 0 amide bonds. The van der Waals surface area contributed by atoms with E-state index >= 15 is 0 Å². The monoisotopic (exact) mass is 256 g/mol. The molecule has 4 atom stereocenters. The molecule has 1 N–H and O–H groups in total. The summed E-state index contributed by atoms with van der Waals surface area (Å²) < 4.78 is 0. The van der Waals surface area contributed by atoms with Gasteiger partial charge in [-0.05, 0) is 12.3 Å². The molecule has 3 aliphatic rings. The van der Waals surface area contributed by atoms with Crippen molar-refractivity contribution in [3.8, 4) is 0 Å². The van der Waals surface area contributed by atoms with Crippen LogP contribution in [-0.4, -0.2) is 22.4 Å². The average molecular weight is 256 g/mol. The van der Waals surface area contributed by atoms with Gasteiger partial charge in [-0.15, -0.1) is 0 Å². The third-order valence-corrected chi connectivity index (χ3v) is 4.78. The zero-order valence-electron chi connectivity index (χ0n) is 10.1. The Labute approximate surface area is 109 Å². The lowest BCUT2D eigenvalue weighted by Crippen LogP contribution is -2.56. The molecule has 1 saturated carbocycles. The quantitative estimate of drug-likeness (QED) is 0.475. The summed E-state index contributed by atoms with van der Waals surface area (Å²) in [6.07, 6.45) is 4.54. The van der Waals surface area contributed by atoms with Crippen molar-refractivity contribution in [2.75, 3.05) is 0 Å². The number of hydrogen-bond acceptors (Lipinski definition) is 4. The summed E-state index contributed by atoms with van der Waals surface area (Å²) in [6, 6.07) is 6.77. The topological polar surface area (TPSA) is 63.6 Å². The third-order valence-electron chi connectivity index (χ3n) is 4.78. The molecular weight excluding hydrogens is 244 g/mol. The van der Waals surface area contributed by atoms with Gasteiger partial charge in [-0.3, -0.25) is 14.8 Å². The summed E-state index contributed by atoms with van der Waals surface area (Å²) in [5, 5.41) is 9.38. The van der Waals surface area contributed by atoms with E-state index in [2.05, 4.69) is 4.89 Å². The van der Waals surface area contributed by atoms with Gasteiger partial charge in [0.15, 0.2) is 17.2 Å². The van der Waals surface area contributed by atoms with E-state index < -0.39 is 11.5 Å². The number of Topliss-reactive ketones (excluding diaryl/α,β-unsaturated/α-hetero) is 2. The van der Waals surface area contributed by atoms with Crippen molar-refractivity contribution in [2.45, 2.75) is 12.0 Å². The Balaban J connectivity index is 2.00. The van der Waals surface area contributed by atoms with Crippen LogP contribution in [0.3, 0.4) is 0 Å². The third kappa shape index (κ3) is 1.08. The van der Waals surface area contributed by atoms with Crippen molar-refractivity contribution < 1.29 is 19.7 Å². The highest BCUT2D eigenvalue weighted by Gasteiger charge is 2.67. The van der Waals surface area contributed by atoms with Gasteiger partial charge >= 0.3 is 0 Å². The van der Waals surface area contributed by atoms with Crippen molar-refractivity contribution in [3.05, 3.63) is 47.5 Å². The maximum atomic E-state index is 12.7. The fraction of sp³-hybridized carbons (Fsp3) is 0.333. The summed E-state index contributed by atoms with van der Waals surface area (Å²) in [6.45, 7) is 0. The normalized spacial score (nSPS) is 38.5. The van der Waals surface area contributed by atoms with Crippen molar-refractivity contribution in [3.63, 3.8) is 0 Å². The number of fused-ring (bicyclic) bond motifs is 6. The standard InChI is InChI=1S/C15H12O4/c16-13-10-3-1-2-4-11(10)14(17)15(19-18)9-6-5-8(7-9)12(13)15/h1-6,8-9,12,18H,7H2. The Morgan fingerprint density at radius 1 is 1.16 bits per heavy atom. The van der Waals surface area contributed by atoms with Crippen LogP contribution in [0, 0.1) is 17.8 Å². The molecule has 4 unspecified atom stereocenters. The molecule has 19 heavy (non-hydrogen) atoms. The lowest BCUT2D eigenvalue weighted by atomic mass is 9.66. The fourth-order valence-corrected chi connectivity index (χ4v) is 3.98. The molecular formula is C15H12O4. The zero-order valence-corrected chi connectivity index (χ0v) is 10.1. The van der Waals surface area contributed by atoms with Gasteiger partial charge in [0.1, 0.15) is 0 Å². The van der Waals surface area contributed by atoms with E-state index in [-0.39, 0.29) is 23.4 Å². The molecule has 96 valence electrons. The van der Waals surface area contributed by atoms with Gasteiger partial charge in [0.2, 0.25) is 0 Å².